The lowest BCUT2D eigenvalue weighted by Gasteiger charge is -2.17. The first kappa shape index (κ1) is 18.9. The Morgan fingerprint density at radius 1 is 1.04 bits per heavy atom. The summed E-state index contributed by atoms with van der Waals surface area (Å²) in [6.45, 7) is 0.964. The van der Waals surface area contributed by atoms with Gasteiger partial charge in [0.1, 0.15) is 11.6 Å². The monoisotopic (exact) mass is 348 g/mol. The Labute approximate surface area is 152 Å². The minimum absolute atomic E-state index is 0.0918. The zero-order valence-electron chi connectivity index (χ0n) is 14.5. The summed E-state index contributed by atoms with van der Waals surface area (Å²) < 4.78 is 5.08. The van der Waals surface area contributed by atoms with Gasteiger partial charge in [-0.2, -0.15) is 5.26 Å². The third kappa shape index (κ3) is 5.05. The van der Waals surface area contributed by atoms with E-state index in [1.807, 2.05) is 60.7 Å². The zero-order chi connectivity index (χ0) is 18.9. The second kappa shape index (κ2) is 9.19. The van der Waals surface area contributed by atoms with Crippen molar-refractivity contribution in [3.8, 4) is 6.07 Å². The Bertz CT molecular complexity index is 793. The van der Waals surface area contributed by atoms with Crippen LogP contribution in [0.25, 0.3) is 0 Å². The minimum atomic E-state index is -0.600. The highest BCUT2D eigenvalue weighted by Crippen LogP contribution is 2.28. The SMILES string of the molecule is CC(N)=C(C#N)C(=O)COC(=O)CC(c1ccccc1)c1ccccc1. The average Bonchev–Trinajstić information content (AvgIpc) is 2.66. The predicted molar refractivity (Wildman–Crippen MR) is 97.8 cm³/mol. The second-order valence-corrected chi connectivity index (χ2v) is 5.83. The fraction of sp³-hybridized carbons (Fsp3) is 0.190. The number of rotatable bonds is 7. The Morgan fingerprint density at radius 2 is 1.54 bits per heavy atom. The molecular formula is C21H20N2O3. The quantitative estimate of drug-likeness (QED) is 0.471. The maximum absolute atomic E-state index is 12.3. The largest absolute Gasteiger partial charge is 0.457 e. The van der Waals surface area contributed by atoms with Crippen molar-refractivity contribution < 1.29 is 14.3 Å². The molecule has 2 rings (SSSR count). The maximum atomic E-state index is 12.3. The summed E-state index contributed by atoms with van der Waals surface area (Å²) >= 11 is 0. The summed E-state index contributed by atoms with van der Waals surface area (Å²) in [5, 5.41) is 8.93. The molecule has 5 heteroatoms. The van der Waals surface area contributed by atoms with E-state index in [1.54, 1.807) is 6.07 Å². The summed E-state index contributed by atoms with van der Waals surface area (Å²) in [5.74, 6) is -1.29. The molecule has 0 radical (unpaired) electrons. The Morgan fingerprint density at radius 3 is 1.96 bits per heavy atom. The first-order valence-corrected chi connectivity index (χ1v) is 8.18. The Hall–Kier alpha value is -3.39. The van der Waals surface area contributed by atoms with Gasteiger partial charge in [0.05, 0.1) is 6.42 Å². The number of allylic oxidation sites excluding steroid dienone is 1. The first-order chi connectivity index (χ1) is 12.5. The molecule has 0 aliphatic heterocycles. The van der Waals surface area contributed by atoms with Gasteiger partial charge in [-0.25, -0.2) is 0 Å². The highest BCUT2D eigenvalue weighted by molar-refractivity contribution is 6.01. The summed E-state index contributed by atoms with van der Waals surface area (Å²) in [7, 11) is 0. The van der Waals surface area contributed by atoms with Gasteiger partial charge in [0.25, 0.3) is 0 Å². The molecule has 0 aromatic heterocycles. The van der Waals surface area contributed by atoms with Gasteiger partial charge in [-0.1, -0.05) is 60.7 Å². The Balaban J connectivity index is 2.10. The molecular weight excluding hydrogens is 328 g/mol. The van der Waals surface area contributed by atoms with Crippen LogP contribution < -0.4 is 5.73 Å². The van der Waals surface area contributed by atoms with Gasteiger partial charge in [-0.05, 0) is 18.1 Å². The molecule has 0 atom stereocenters. The van der Waals surface area contributed by atoms with Crippen LogP contribution >= 0.6 is 0 Å². The number of ketones is 1. The maximum Gasteiger partial charge on any atom is 0.307 e. The van der Waals surface area contributed by atoms with Crippen molar-refractivity contribution >= 4 is 11.8 Å². The first-order valence-electron chi connectivity index (χ1n) is 8.18. The van der Waals surface area contributed by atoms with E-state index in [4.69, 9.17) is 15.7 Å². The molecule has 0 saturated heterocycles. The van der Waals surface area contributed by atoms with Crippen molar-refractivity contribution in [1.82, 2.24) is 0 Å². The van der Waals surface area contributed by atoms with E-state index in [-0.39, 0.29) is 23.6 Å². The van der Waals surface area contributed by atoms with Crippen molar-refractivity contribution in [3.05, 3.63) is 83.1 Å². The van der Waals surface area contributed by atoms with Crippen LogP contribution in [0.1, 0.15) is 30.4 Å². The number of carbonyl (C=O) groups is 2. The van der Waals surface area contributed by atoms with Gasteiger partial charge in [0.15, 0.2) is 6.61 Å². The number of ether oxygens (including phenoxy) is 1. The number of carbonyl (C=O) groups excluding carboxylic acids is 2. The number of nitrogens with zero attached hydrogens (tertiary/aromatic N) is 1. The molecule has 0 aliphatic carbocycles. The number of hydrogen-bond acceptors (Lipinski definition) is 5. The standard InChI is InChI=1S/C21H20N2O3/c1-15(23)19(13-22)20(24)14-26-21(25)12-18(16-8-4-2-5-9-16)17-10-6-3-7-11-17/h2-11,18H,12,14,23H2,1H3. The smallest absolute Gasteiger partial charge is 0.307 e. The lowest BCUT2D eigenvalue weighted by atomic mass is 9.89. The van der Waals surface area contributed by atoms with Crippen LogP contribution in [-0.2, 0) is 14.3 Å². The van der Waals surface area contributed by atoms with Crippen LogP contribution in [0.15, 0.2) is 71.9 Å². The van der Waals surface area contributed by atoms with Crippen LogP contribution in [0.5, 0.6) is 0 Å². The van der Waals surface area contributed by atoms with Crippen molar-refractivity contribution in [1.29, 1.82) is 5.26 Å². The molecule has 26 heavy (non-hydrogen) atoms. The number of esters is 1. The molecule has 5 nitrogen and oxygen atoms in total. The lowest BCUT2D eigenvalue weighted by Crippen LogP contribution is -2.19. The van der Waals surface area contributed by atoms with Crippen LogP contribution in [0, 0.1) is 11.3 Å². The van der Waals surface area contributed by atoms with Crippen molar-refractivity contribution in [2.75, 3.05) is 6.61 Å². The van der Waals surface area contributed by atoms with Crippen molar-refractivity contribution in [2.24, 2.45) is 5.73 Å². The molecule has 0 amide bonds. The van der Waals surface area contributed by atoms with Gasteiger partial charge in [0, 0.05) is 11.6 Å². The second-order valence-electron chi connectivity index (χ2n) is 5.83. The molecule has 2 aromatic rings. The van der Waals surface area contributed by atoms with E-state index < -0.39 is 18.4 Å². The van der Waals surface area contributed by atoms with Crippen LogP contribution in [0.2, 0.25) is 0 Å². The van der Waals surface area contributed by atoms with E-state index >= 15 is 0 Å². The molecule has 2 N–H and O–H groups in total. The Kier molecular flexibility index (Phi) is 6.69. The number of Topliss-reactive ketones (excluding diaryl/α,β-unsaturated/α-hetero) is 1. The lowest BCUT2D eigenvalue weighted by molar-refractivity contribution is -0.147. The molecule has 0 bridgehead atoms. The summed E-state index contributed by atoms with van der Waals surface area (Å²) in [6.07, 6.45) is 0.0918. The van der Waals surface area contributed by atoms with Crippen LogP contribution in [0.4, 0.5) is 0 Å². The minimum Gasteiger partial charge on any atom is -0.457 e. The molecule has 0 unspecified atom stereocenters. The fourth-order valence-corrected chi connectivity index (χ4v) is 2.61. The van der Waals surface area contributed by atoms with Gasteiger partial charge < -0.3 is 10.5 Å². The van der Waals surface area contributed by atoms with Crippen molar-refractivity contribution in [2.45, 2.75) is 19.3 Å². The van der Waals surface area contributed by atoms with Gasteiger partial charge in [-0.15, -0.1) is 0 Å². The van der Waals surface area contributed by atoms with E-state index in [1.165, 1.54) is 6.92 Å². The molecule has 0 fully saturated rings. The molecule has 2 aromatic carbocycles. The topological polar surface area (TPSA) is 93.2 Å². The summed E-state index contributed by atoms with van der Waals surface area (Å²) in [6, 6.07) is 21.0. The van der Waals surface area contributed by atoms with Gasteiger partial charge in [0.2, 0.25) is 5.78 Å². The van der Waals surface area contributed by atoms with Crippen LogP contribution in [0.3, 0.4) is 0 Å². The number of nitriles is 1. The number of nitrogens with two attached hydrogens (primary N) is 1. The van der Waals surface area contributed by atoms with E-state index in [0.717, 1.165) is 11.1 Å². The summed E-state index contributed by atoms with van der Waals surface area (Å²) in [5.41, 5.74) is 7.38. The molecule has 0 heterocycles. The normalized spacial score (nSPS) is 11.4. The van der Waals surface area contributed by atoms with Gasteiger partial charge in [-0.3, -0.25) is 9.59 Å². The van der Waals surface area contributed by atoms with Gasteiger partial charge >= 0.3 is 5.97 Å². The third-order valence-corrected chi connectivity index (χ3v) is 3.92. The number of benzene rings is 2. The van der Waals surface area contributed by atoms with E-state index in [9.17, 15) is 9.59 Å². The molecule has 132 valence electrons. The van der Waals surface area contributed by atoms with E-state index in [0.29, 0.717) is 0 Å². The van der Waals surface area contributed by atoms with Crippen molar-refractivity contribution in [3.63, 3.8) is 0 Å². The molecule has 0 spiro atoms. The molecule has 0 saturated carbocycles. The molecule has 0 aliphatic rings. The van der Waals surface area contributed by atoms with E-state index in [2.05, 4.69) is 0 Å². The third-order valence-electron chi connectivity index (χ3n) is 3.92. The zero-order valence-corrected chi connectivity index (χ0v) is 14.5. The fourth-order valence-electron chi connectivity index (χ4n) is 2.61. The highest BCUT2D eigenvalue weighted by atomic mass is 16.5. The predicted octanol–water partition coefficient (Wildman–Crippen LogP) is 3.08. The highest BCUT2D eigenvalue weighted by Gasteiger charge is 2.20. The van der Waals surface area contributed by atoms with Crippen LogP contribution in [-0.4, -0.2) is 18.4 Å². The number of hydrogen-bond donors (Lipinski definition) is 1. The summed E-state index contributed by atoms with van der Waals surface area (Å²) in [4.78, 5) is 24.2. The average molecular weight is 348 g/mol.